The van der Waals surface area contributed by atoms with Crippen molar-refractivity contribution in [3.63, 3.8) is 0 Å². The highest BCUT2D eigenvalue weighted by atomic mass is 19.1. The summed E-state index contributed by atoms with van der Waals surface area (Å²) < 4.78 is 20.5. The summed E-state index contributed by atoms with van der Waals surface area (Å²) in [6, 6.07) is 8.24. The molecule has 108 valence electrons. The Morgan fingerprint density at radius 2 is 2.00 bits per heavy atom. The van der Waals surface area contributed by atoms with Crippen LogP contribution in [0.5, 0.6) is 0 Å². The van der Waals surface area contributed by atoms with E-state index in [4.69, 9.17) is 10.5 Å². The third-order valence-electron chi connectivity index (χ3n) is 3.41. The molecular weight excluding hydrogens is 273 g/mol. The molecule has 21 heavy (non-hydrogen) atoms. The van der Waals surface area contributed by atoms with Crippen LogP contribution < -0.4 is 10.6 Å². The molecule has 0 amide bonds. The molecule has 3 rings (SSSR count). The molecule has 0 aliphatic carbocycles. The van der Waals surface area contributed by atoms with Crippen LogP contribution in [-0.4, -0.2) is 36.1 Å². The predicted molar refractivity (Wildman–Crippen MR) is 75.7 cm³/mol. The molecule has 0 saturated carbocycles. The van der Waals surface area contributed by atoms with Gasteiger partial charge in [-0.3, -0.25) is 0 Å². The molecular formula is C14H14FN5O. The average Bonchev–Trinajstić information content (AvgIpc) is 2.85. The molecule has 2 heterocycles. The van der Waals surface area contributed by atoms with Crippen LogP contribution in [0.15, 0.2) is 24.3 Å². The lowest BCUT2D eigenvalue weighted by molar-refractivity contribution is 0.122. The molecule has 0 unspecified atom stereocenters. The van der Waals surface area contributed by atoms with Gasteiger partial charge < -0.3 is 15.4 Å². The van der Waals surface area contributed by atoms with Crippen molar-refractivity contribution < 1.29 is 9.13 Å². The van der Waals surface area contributed by atoms with E-state index in [-0.39, 0.29) is 17.1 Å². The number of anilines is 2. The molecule has 6 nitrogen and oxygen atoms in total. The average molecular weight is 287 g/mol. The van der Waals surface area contributed by atoms with E-state index in [2.05, 4.69) is 11.2 Å². The molecule has 1 aromatic heterocycles. The minimum atomic E-state index is -0.440. The maximum absolute atomic E-state index is 13.9. The molecule has 0 spiro atoms. The monoisotopic (exact) mass is 287 g/mol. The molecule has 1 fully saturated rings. The van der Waals surface area contributed by atoms with Crippen LogP contribution >= 0.6 is 0 Å². The molecule has 0 radical (unpaired) electrons. The Balaban J connectivity index is 2.09. The van der Waals surface area contributed by atoms with Gasteiger partial charge >= 0.3 is 0 Å². The minimum absolute atomic E-state index is 0.143. The number of nitrogens with two attached hydrogens (primary N) is 1. The Morgan fingerprint density at radius 3 is 2.67 bits per heavy atom. The second kappa shape index (κ2) is 5.42. The standard InChI is InChI=1S/C14H14FN5O/c15-11-3-1-2-4-12(11)20-13(17)10(9-16)14(18-20)19-5-7-21-8-6-19/h1-4H,5-8,17H2. The van der Waals surface area contributed by atoms with Gasteiger partial charge in [-0.05, 0) is 12.1 Å². The van der Waals surface area contributed by atoms with Crippen LogP contribution in [0.2, 0.25) is 0 Å². The number of aromatic nitrogens is 2. The predicted octanol–water partition coefficient (Wildman–Crippen LogP) is 1.30. The smallest absolute Gasteiger partial charge is 0.171 e. The first-order valence-electron chi connectivity index (χ1n) is 6.58. The van der Waals surface area contributed by atoms with Crippen molar-refractivity contribution >= 4 is 11.6 Å². The molecule has 2 N–H and O–H groups in total. The normalized spacial score (nSPS) is 15.0. The number of para-hydroxylation sites is 1. The van der Waals surface area contributed by atoms with Gasteiger partial charge in [-0.15, -0.1) is 5.10 Å². The molecule has 2 aromatic rings. The number of halogens is 1. The number of ether oxygens (including phenoxy) is 1. The summed E-state index contributed by atoms with van der Waals surface area (Å²) in [7, 11) is 0. The lowest BCUT2D eigenvalue weighted by atomic mass is 10.2. The largest absolute Gasteiger partial charge is 0.382 e. The number of morpholine rings is 1. The number of benzene rings is 1. The van der Waals surface area contributed by atoms with Crippen molar-refractivity contribution in [2.24, 2.45) is 0 Å². The Hall–Kier alpha value is -2.59. The Labute approximate surface area is 121 Å². The maximum Gasteiger partial charge on any atom is 0.171 e. The fourth-order valence-corrected chi connectivity index (χ4v) is 2.33. The minimum Gasteiger partial charge on any atom is -0.382 e. The maximum atomic E-state index is 13.9. The highest BCUT2D eigenvalue weighted by molar-refractivity contribution is 5.67. The van der Waals surface area contributed by atoms with Crippen LogP contribution in [0, 0.1) is 17.1 Å². The van der Waals surface area contributed by atoms with Gasteiger partial charge in [0.15, 0.2) is 5.82 Å². The number of nitrogen functional groups attached to an aromatic ring is 1. The van der Waals surface area contributed by atoms with E-state index in [1.54, 1.807) is 18.2 Å². The van der Waals surface area contributed by atoms with Gasteiger partial charge in [-0.1, -0.05) is 12.1 Å². The molecule has 1 saturated heterocycles. The summed E-state index contributed by atoms with van der Waals surface area (Å²) in [6.07, 6.45) is 0. The van der Waals surface area contributed by atoms with Crippen LogP contribution in [0.3, 0.4) is 0 Å². The summed E-state index contributed by atoms with van der Waals surface area (Å²) in [4.78, 5) is 1.93. The second-order valence-electron chi connectivity index (χ2n) is 4.66. The van der Waals surface area contributed by atoms with E-state index in [1.165, 1.54) is 10.7 Å². The van der Waals surface area contributed by atoms with Crippen molar-refractivity contribution in [2.75, 3.05) is 36.9 Å². The van der Waals surface area contributed by atoms with Gasteiger partial charge in [-0.2, -0.15) is 5.26 Å². The summed E-state index contributed by atoms with van der Waals surface area (Å²) >= 11 is 0. The lowest BCUT2D eigenvalue weighted by Crippen LogP contribution is -2.37. The van der Waals surface area contributed by atoms with E-state index in [0.717, 1.165) is 0 Å². The van der Waals surface area contributed by atoms with E-state index in [1.807, 2.05) is 4.90 Å². The number of hydrogen-bond acceptors (Lipinski definition) is 5. The van der Waals surface area contributed by atoms with Crippen LogP contribution in [0.25, 0.3) is 5.69 Å². The van der Waals surface area contributed by atoms with E-state index < -0.39 is 5.82 Å². The van der Waals surface area contributed by atoms with Gasteiger partial charge in [0.1, 0.15) is 29.0 Å². The molecule has 1 aromatic carbocycles. The Bertz CT molecular complexity index is 700. The zero-order valence-corrected chi connectivity index (χ0v) is 11.3. The number of nitriles is 1. The van der Waals surface area contributed by atoms with Crippen LogP contribution in [0.4, 0.5) is 16.0 Å². The Kier molecular flexibility index (Phi) is 3.46. The molecule has 1 aliphatic heterocycles. The summed E-state index contributed by atoms with van der Waals surface area (Å²) in [5.74, 6) is 0.176. The zero-order valence-electron chi connectivity index (χ0n) is 11.3. The van der Waals surface area contributed by atoms with Crippen molar-refractivity contribution in [2.45, 2.75) is 0 Å². The molecule has 1 aliphatic rings. The van der Waals surface area contributed by atoms with Crippen molar-refractivity contribution in [3.05, 3.63) is 35.6 Å². The summed E-state index contributed by atoms with van der Waals surface area (Å²) in [6.45, 7) is 2.39. The topological polar surface area (TPSA) is 80.1 Å². The number of rotatable bonds is 2. The zero-order chi connectivity index (χ0) is 14.8. The SMILES string of the molecule is N#Cc1c(N2CCOCC2)nn(-c2ccccc2F)c1N. The lowest BCUT2D eigenvalue weighted by Gasteiger charge is -2.26. The number of hydrogen-bond donors (Lipinski definition) is 1. The third-order valence-corrected chi connectivity index (χ3v) is 3.41. The quantitative estimate of drug-likeness (QED) is 0.900. The third kappa shape index (κ3) is 2.30. The Morgan fingerprint density at radius 1 is 1.29 bits per heavy atom. The van der Waals surface area contributed by atoms with Crippen LogP contribution in [0.1, 0.15) is 5.56 Å². The highest BCUT2D eigenvalue weighted by Gasteiger charge is 2.23. The van der Waals surface area contributed by atoms with Gasteiger partial charge in [0.25, 0.3) is 0 Å². The van der Waals surface area contributed by atoms with Crippen molar-refractivity contribution in [3.8, 4) is 11.8 Å². The first-order chi connectivity index (χ1) is 10.2. The van der Waals surface area contributed by atoms with Crippen molar-refractivity contribution in [1.82, 2.24) is 9.78 Å². The second-order valence-corrected chi connectivity index (χ2v) is 4.66. The fourth-order valence-electron chi connectivity index (χ4n) is 2.33. The van der Waals surface area contributed by atoms with Gasteiger partial charge in [0, 0.05) is 13.1 Å². The fraction of sp³-hybridized carbons (Fsp3) is 0.286. The summed E-state index contributed by atoms with van der Waals surface area (Å²) in [5.41, 5.74) is 6.47. The van der Waals surface area contributed by atoms with Gasteiger partial charge in [0.2, 0.25) is 0 Å². The molecule has 0 atom stereocenters. The van der Waals surface area contributed by atoms with E-state index >= 15 is 0 Å². The molecule has 0 bridgehead atoms. The first kappa shape index (κ1) is 13.4. The van der Waals surface area contributed by atoms with Gasteiger partial charge in [0.05, 0.1) is 13.2 Å². The summed E-state index contributed by atoms with van der Waals surface area (Å²) in [5, 5.41) is 13.7. The highest BCUT2D eigenvalue weighted by Crippen LogP contribution is 2.28. The van der Waals surface area contributed by atoms with E-state index in [9.17, 15) is 9.65 Å². The molecule has 7 heteroatoms. The van der Waals surface area contributed by atoms with Crippen LogP contribution in [-0.2, 0) is 4.74 Å². The van der Waals surface area contributed by atoms with Crippen molar-refractivity contribution in [1.29, 1.82) is 5.26 Å². The van der Waals surface area contributed by atoms with E-state index in [0.29, 0.717) is 32.1 Å². The number of nitrogens with zero attached hydrogens (tertiary/aromatic N) is 4. The van der Waals surface area contributed by atoms with Gasteiger partial charge in [-0.25, -0.2) is 9.07 Å². The first-order valence-corrected chi connectivity index (χ1v) is 6.58.